The molecule has 23 heavy (non-hydrogen) atoms. The lowest BCUT2D eigenvalue weighted by Gasteiger charge is -2.12. The second-order valence-corrected chi connectivity index (χ2v) is 5.46. The highest BCUT2D eigenvalue weighted by molar-refractivity contribution is 6.04. The van der Waals surface area contributed by atoms with Crippen LogP contribution >= 0.6 is 0 Å². The summed E-state index contributed by atoms with van der Waals surface area (Å²) in [6, 6.07) is 13.1. The van der Waals surface area contributed by atoms with Crippen LogP contribution in [-0.4, -0.2) is 20.1 Å². The number of ether oxygens (including phenoxy) is 2. The van der Waals surface area contributed by atoms with Crippen LogP contribution in [0.5, 0.6) is 11.5 Å². The summed E-state index contributed by atoms with van der Waals surface area (Å²) < 4.78 is 10.4. The minimum atomic E-state index is -0.178. The number of carbonyl (C=O) groups is 1. The molecule has 4 heteroatoms. The fourth-order valence-corrected chi connectivity index (χ4v) is 2.31. The molecule has 0 aliphatic heterocycles. The molecule has 0 spiro atoms. The molecule has 0 aliphatic carbocycles. The zero-order valence-corrected chi connectivity index (χ0v) is 14.1. The molecule has 0 fully saturated rings. The van der Waals surface area contributed by atoms with E-state index >= 15 is 0 Å². The average molecular weight is 313 g/mol. The summed E-state index contributed by atoms with van der Waals surface area (Å²) in [4.78, 5) is 12.3. The van der Waals surface area contributed by atoms with Crippen LogP contribution in [0.15, 0.2) is 42.5 Å². The second-order valence-electron chi connectivity index (χ2n) is 5.46. The quantitative estimate of drug-likeness (QED) is 0.856. The number of anilines is 1. The van der Waals surface area contributed by atoms with Gasteiger partial charge in [0.05, 0.1) is 14.2 Å². The van der Waals surface area contributed by atoms with Crippen LogP contribution in [-0.2, 0) is 0 Å². The summed E-state index contributed by atoms with van der Waals surface area (Å²) >= 11 is 0. The lowest BCUT2D eigenvalue weighted by molar-refractivity contribution is 0.102. The van der Waals surface area contributed by atoms with Crippen LogP contribution in [0.3, 0.4) is 0 Å². The van der Waals surface area contributed by atoms with Gasteiger partial charge in [0.15, 0.2) is 11.5 Å². The molecule has 0 saturated carbocycles. The number of benzene rings is 2. The largest absolute Gasteiger partial charge is 0.493 e. The van der Waals surface area contributed by atoms with Crippen molar-refractivity contribution in [1.29, 1.82) is 0 Å². The molecule has 0 heterocycles. The van der Waals surface area contributed by atoms with Gasteiger partial charge in [-0.05, 0) is 48.2 Å². The molecule has 0 radical (unpaired) electrons. The van der Waals surface area contributed by atoms with Gasteiger partial charge in [-0.15, -0.1) is 0 Å². The summed E-state index contributed by atoms with van der Waals surface area (Å²) in [7, 11) is 3.11. The molecule has 0 aliphatic rings. The van der Waals surface area contributed by atoms with Gasteiger partial charge >= 0.3 is 0 Å². The van der Waals surface area contributed by atoms with Crippen molar-refractivity contribution < 1.29 is 14.3 Å². The first-order valence-electron chi connectivity index (χ1n) is 7.72. The first kappa shape index (κ1) is 16.9. The summed E-state index contributed by atoms with van der Waals surface area (Å²) in [6.45, 7) is 4.36. The molecule has 0 unspecified atom stereocenters. The maximum Gasteiger partial charge on any atom is 0.255 e. The van der Waals surface area contributed by atoms with E-state index in [1.54, 1.807) is 32.4 Å². The van der Waals surface area contributed by atoms with Gasteiger partial charge in [0.25, 0.3) is 5.91 Å². The molecule has 2 rings (SSSR count). The Bertz CT molecular complexity index is 665. The average Bonchev–Trinajstić information content (AvgIpc) is 2.60. The smallest absolute Gasteiger partial charge is 0.255 e. The van der Waals surface area contributed by atoms with Crippen molar-refractivity contribution in [2.45, 2.75) is 26.2 Å². The molecule has 0 saturated heterocycles. The van der Waals surface area contributed by atoms with Crippen LogP contribution in [0, 0.1) is 0 Å². The molecule has 122 valence electrons. The van der Waals surface area contributed by atoms with Crippen LogP contribution in [0.2, 0.25) is 0 Å². The Balaban J connectivity index is 2.12. The van der Waals surface area contributed by atoms with Crippen molar-refractivity contribution in [3.63, 3.8) is 0 Å². The zero-order chi connectivity index (χ0) is 16.8. The number of rotatable bonds is 6. The molecular weight excluding hydrogens is 290 g/mol. The Hall–Kier alpha value is -2.49. The topological polar surface area (TPSA) is 47.6 Å². The van der Waals surface area contributed by atoms with Crippen molar-refractivity contribution >= 4 is 11.6 Å². The summed E-state index contributed by atoms with van der Waals surface area (Å²) in [5, 5.41) is 2.90. The Morgan fingerprint density at radius 2 is 1.70 bits per heavy atom. The minimum Gasteiger partial charge on any atom is -0.493 e. The second kappa shape index (κ2) is 7.68. The first-order valence-corrected chi connectivity index (χ1v) is 7.72. The van der Waals surface area contributed by atoms with Gasteiger partial charge in [-0.25, -0.2) is 0 Å². The van der Waals surface area contributed by atoms with Crippen LogP contribution < -0.4 is 14.8 Å². The van der Waals surface area contributed by atoms with E-state index < -0.39 is 0 Å². The van der Waals surface area contributed by atoms with Gasteiger partial charge < -0.3 is 14.8 Å². The molecule has 1 amide bonds. The van der Waals surface area contributed by atoms with E-state index in [4.69, 9.17) is 9.47 Å². The lowest BCUT2D eigenvalue weighted by Crippen LogP contribution is -2.12. The van der Waals surface area contributed by atoms with E-state index in [1.165, 1.54) is 5.56 Å². The number of amides is 1. The third kappa shape index (κ3) is 4.03. The third-order valence-electron chi connectivity index (χ3n) is 4.00. The predicted molar refractivity (Wildman–Crippen MR) is 92.6 cm³/mol. The maximum absolute atomic E-state index is 12.3. The zero-order valence-electron chi connectivity index (χ0n) is 14.1. The molecule has 2 aromatic carbocycles. The predicted octanol–water partition coefficient (Wildman–Crippen LogP) is 4.47. The van der Waals surface area contributed by atoms with E-state index in [0.29, 0.717) is 23.0 Å². The number of carbonyl (C=O) groups excluding carboxylic acids is 1. The van der Waals surface area contributed by atoms with Crippen LogP contribution in [0.25, 0.3) is 0 Å². The van der Waals surface area contributed by atoms with E-state index in [2.05, 4.69) is 31.3 Å². The summed E-state index contributed by atoms with van der Waals surface area (Å²) in [5.41, 5.74) is 2.57. The van der Waals surface area contributed by atoms with Gasteiger partial charge in [-0.3, -0.25) is 4.79 Å². The van der Waals surface area contributed by atoms with Crippen molar-refractivity contribution in [2.75, 3.05) is 19.5 Å². The Morgan fingerprint density at radius 3 is 2.26 bits per heavy atom. The molecule has 0 aromatic heterocycles. The fourth-order valence-electron chi connectivity index (χ4n) is 2.31. The van der Waals surface area contributed by atoms with Crippen molar-refractivity contribution in [2.24, 2.45) is 0 Å². The third-order valence-corrected chi connectivity index (χ3v) is 4.00. The first-order chi connectivity index (χ1) is 11.1. The van der Waals surface area contributed by atoms with Crippen molar-refractivity contribution in [3.8, 4) is 11.5 Å². The fraction of sp³-hybridized carbons (Fsp3) is 0.316. The SMILES string of the molecule is CC[C@H](C)c1ccc(NC(=O)c2ccc(OC)c(OC)c2)cc1. The summed E-state index contributed by atoms with van der Waals surface area (Å²) in [6.07, 6.45) is 1.09. The van der Waals surface area contributed by atoms with Crippen LogP contribution in [0.4, 0.5) is 5.69 Å². The molecule has 4 nitrogen and oxygen atoms in total. The molecule has 2 aromatic rings. The number of hydrogen-bond acceptors (Lipinski definition) is 3. The minimum absolute atomic E-state index is 0.178. The Morgan fingerprint density at radius 1 is 1.04 bits per heavy atom. The number of methoxy groups -OCH3 is 2. The lowest BCUT2D eigenvalue weighted by atomic mass is 9.98. The van der Waals surface area contributed by atoms with Crippen LogP contribution in [0.1, 0.15) is 42.1 Å². The highest BCUT2D eigenvalue weighted by Crippen LogP contribution is 2.28. The van der Waals surface area contributed by atoms with Gasteiger partial charge in [0.2, 0.25) is 0 Å². The van der Waals surface area contributed by atoms with E-state index in [1.807, 2.05) is 12.1 Å². The normalized spacial score (nSPS) is 11.7. The van der Waals surface area contributed by atoms with E-state index in [0.717, 1.165) is 12.1 Å². The van der Waals surface area contributed by atoms with Crippen molar-refractivity contribution in [3.05, 3.63) is 53.6 Å². The molecule has 1 atom stereocenters. The van der Waals surface area contributed by atoms with Crippen molar-refractivity contribution in [1.82, 2.24) is 0 Å². The van der Waals surface area contributed by atoms with Gasteiger partial charge in [0, 0.05) is 11.3 Å². The summed E-state index contributed by atoms with van der Waals surface area (Å²) in [5.74, 6) is 1.47. The number of nitrogens with one attached hydrogen (secondary N) is 1. The standard InChI is InChI=1S/C19H23NO3/c1-5-13(2)14-6-9-16(10-7-14)20-19(21)15-8-11-17(22-3)18(12-15)23-4/h6-13H,5H2,1-4H3,(H,20,21)/t13-/m0/s1. The van der Waals surface area contributed by atoms with Gasteiger partial charge in [0.1, 0.15) is 0 Å². The highest BCUT2D eigenvalue weighted by Gasteiger charge is 2.11. The van der Waals surface area contributed by atoms with E-state index in [-0.39, 0.29) is 5.91 Å². The van der Waals surface area contributed by atoms with Gasteiger partial charge in [-0.2, -0.15) is 0 Å². The van der Waals surface area contributed by atoms with E-state index in [9.17, 15) is 4.79 Å². The molecule has 1 N–H and O–H groups in total. The monoisotopic (exact) mass is 313 g/mol. The Labute approximate surface area is 137 Å². The number of hydrogen-bond donors (Lipinski definition) is 1. The maximum atomic E-state index is 12.3. The highest BCUT2D eigenvalue weighted by atomic mass is 16.5. The Kier molecular flexibility index (Phi) is 5.63. The molecule has 0 bridgehead atoms. The molecular formula is C19H23NO3. The van der Waals surface area contributed by atoms with Gasteiger partial charge in [-0.1, -0.05) is 26.0 Å².